The highest BCUT2D eigenvalue weighted by atomic mass is 32.1. The molecule has 0 aliphatic carbocycles. The Kier molecular flexibility index (Phi) is 13.9. The maximum absolute atomic E-state index is 13.2. The third-order valence-corrected chi connectivity index (χ3v) is 6.27. The number of nitrogens with two attached hydrogens (primary N) is 2. The lowest BCUT2D eigenvalue weighted by Crippen LogP contribution is -2.58. The van der Waals surface area contributed by atoms with Gasteiger partial charge in [0, 0.05) is 12.2 Å². The Morgan fingerprint density at radius 2 is 1.56 bits per heavy atom. The van der Waals surface area contributed by atoms with E-state index in [1.807, 2.05) is 6.92 Å². The van der Waals surface area contributed by atoms with Gasteiger partial charge in [0.05, 0.1) is 6.04 Å². The van der Waals surface area contributed by atoms with Crippen LogP contribution in [0, 0.1) is 5.92 Å². The molecule has 9 N–H and O–H groups in total. The molecule has 0 spiro atoms. The van der Waals surface area contributed by atoms with Crippen LogP contribution in [-0.2, 0) is 25.6 Å². The van der Waals surface area contributed by atoms with Crippen molar-refractivity contribution in [2.75, 3.05) is 12.3 Å². The number of amides is 3. The fourth-order valence-corrected chi connectivity index (χ4v) is 3.66. The maximum Gasteiger partial charge on any atom is 0.326 e. The summed E-state index contributed by atoms with van der Waals surface area (Å²) in [6.45, 7) is 3.99. The molecule has 0 heterocycles. The summed E-state index contributed by atoms with van der Waals surface area (Å²) in [6.07, 6.45) is 2.36. The smallest absolute Gasteiger partial charge is 0.326 e. The van der Waals surface area contributed by atoms with Crippen LogP contribution in [0.3, 0.4) is 0 Å². The Labute approximate surface area is 217 Å². The van der Waals surface area contributed by atoms with E-state index in [1.54, 1.807) is 19.1 Å². The third-order valence-electron chi connectivity index (χ3n) is 5.91. The molecule has 1 aromatic carbocycles. The number of aliphatic carboxylic acids is 1. The molecule has 1 aromatic rings. The number of carboxylic acid groups (broad SMARTS) is 1. The molecule has 3 amide bonds. The Morgan fingerprint density at radius 3 is 2.08 bits per heavy atom. The quantitative estimate of drug-likeness (QED) is 0.108. The van der Waals surface area contributed by atoms with Gasteiger partial charge in [-0.1, -0.05) is 38.8 Å². The second-order valence-corrected chi connectivity index (χ2v) is 9.14. The molecule has 0 aliphatic heterocycles. The zero-order valence-electron chi connectivity index (χ0n) is 20.8. The van der Waals surface area contributed by atoms with Crippen LogP contribution in [-0.4, -0.2) is 70.4 Å². The molecular formula is C24H39N5O6S. The number of hydrogen-bond acceptors (Lipinski definition) is 8. The van der Waals surface area contributed by atoms with Crippen LogP contribution >= 0.6 is 12.6 Å². The van der Waals surface area contributed by atoms with E-state index in [0.717, 1.165) is 0 Å². The summed E-state index contributed by atoms with van der Waals surface area (Å²) in [5.74, 6) is -3.43. The number of unbranched alkanes of at least 4 members (excludes halogenated alkanes) is 1. The minimum atomic E-state index is -1.18. The van der Waals surface area contributed by atoms with E-state index in [-0.39, 0.29) is 23.8 Å². The van der Waals surface area contributed by atoms with E-state index in [2.05, 4.69) is 28.6 Å². The predicted molar refractivity (Wildman–Crippen MR) is 139 cm³/mol. The number of carbonyl (C=O) groups excluding carboxylic acids is 3. The molecule has 12 heteroatoms. The number of nitrogens with one attached hydrogen (secondary N) is 3. The predicted octanol–water partition coefficient (Wildman–Crippen LogP) is -0.0941. The zero-order valence-corrected chi connectivity index (χ0v) is 21.7. The van der Waals surface area contributed by atoms with Crippen LogP contribution in [0.1, 0.15) is 45.1 Å². The minimum Gasteiger partial charge on any atom is -0.508 e. The summed E-state index contributed by atoms with van der Waals surface area (Å²) in [4.78, 5) is 50.2. The van der Waals surface area contributed by atoms with Gasteiger partial charge in [0.15, 0.2) is 0 Å². The molecule has 0 saturated heterocycles. The second kappa shape index (κ2) is 16.0. The molecule has 1 rings (SSSR count). The van der Waals surface area contributed by atoms with Crippen molar-refractivity contribution in [1.29, 1.82) is 0 Å². The molecule has 0 saturated carbocycles. The molecule has 0 fully saturated rings. The number of hydrogen-bond donors (Lipinski definition) is 8. The van der Waals surface area contributed by atoms with Crippen molar-refractivity contribution in [3.05, 3.63) is 29.8 Å². The normalized spacial score (nSPS) is 15.1. The van der Waals surface area contributed by atoms with E-state index in [1.165, 1.54) is 12.1 Å². The number of carboxylic acids is 1. The Morgan fingerprint density at radius 1 is 0.972 bits per heavy atom. The highest BCUT2D eigenvalue weighted by molar-refractivity contribution is 7.80. The van der Waals surface area contributed by atoms with Crippen LogP contribution < -0.4 is 27.4 Å². The van der Waals surface area contributed by atoms with E-state index in [0.29, 0.717) is 37.8 Å². The number of phenols is 1. The molecule has 5 atom stereocenters. The summed E-state index contributed by atoms with van der Waals surface area (Å²) < 4.78 is 0. The lowest BCUT2D eigenvalue weighted by Gasteiger charge is -2.26. The first-order valence-corrected chi connectivity index (χ1v) is 12.7. The summed E-state index contributed by atoms with van der Waals surface area (Å²) in [6, 6.07) is 1.94. The van der Waals surface area contributed by atoms with Crippen molar-refractivity contribution in [2.24, 2.45) is 17.4 Å². The van der Waals surface area contributed by atoms with Gasteiger partial charge in [0.1, 0.15) is 23.9 Å². The lowest BCUT2D eigenvalue weighted by atomic mass is 9.99. The summed E-state index contributed by atoms with van der Waals surface area (Å²) in [5, 5.41) is 26.6. The van der Waals surface area contributed by atoms with Gasteiger partial charge >= 0.3 is 5.97 Å². The van der Waals surface area contributed by atoms with Gasteiger partial charge in [0.2, 0.25) is 17.7 Å². The van der Waals surface area contributed by atoms with Crippen molar-refractivity contribution in [1.82, 2.24) is 16.0 Å². The van der Waals surface area contributed by atoms with Crippen molar-refractivity contribution in [3.8, 4) is 5.75 Å². The number of benzene rings is 1. The SMILES string of the molecule is CCC(C)C(NC(=O)C(CS)NC(=O)C(Cc1ccc(O)cc1)NC(=O)C(N)CCCCN)C(=O)O. The van der Waals surface area contributed by atoms with Gasteiger partial charge < -0.3 is 37.6 Å². The van der Waals surface area contributed by atoms with Gasteiger partial charge in [-0.25, -0.2) is 4.79 Å². The molecule has 0 aromatic heterocycles. The average Bonchev–Trinajstić information content (AvgIpc) is 2.85. The Hall–Kier alpha value is -2.83. The van der Waals surface area contributed by atoms with Gasteiger partial charge in [-0.15, -0.1) is 0 Å². The largest absolute Gasteiger partial charge is 0.508 e. The van der Waals surface area contributed by atoms with Crippen LogP contribution in [0.4, 0.5) is 0 Å². The molecule has 36 heavy (non-hydrogen) atoms. The van der Waals surface area contributed by atoms with Gasteiger partial charge in [0.25, 0.3) is 0 Å². The Bertz CT molecular complexity index is 869. The Balaban J connectivity index is 3.00. The van der Waals surface area contributed by atoms with Crippen molar-refractivity contribution < 1.29 is 29.4 Å². The number of phenolic OH excluding ortho intramolecular Hbond substituents is 1. The van der Waals surface area contributed by atoms with Gasteiger partial charge in [-0.2, -0.15) is 12.6 Å². The van der Waals surface area contributed by atoms with Crippen LogP contribution in [0.25, 0.3) is 0 Å². The molecule has 0 bridgehead atoms. The average molecular weight is 526 g/mol. The van der Waals surface area contributed by atoms with Crippen LogP contribution in [0.5, 0.6) is 5.75 Å². The van der Waals surface area contributed by atoms with E-state index in [4.69, 9.17) is 11.5 Å². The fourth-order valence-electron chi connectivity index (χ4n) is 3.40. The summed E-state index contributed by atoms with van der Waals surface area (Å²) in [5.41, 5.74) is 12.1. The second-order valence-electron chi connectivity index (χ2n) is 8.78. The third kappa shape index (κ3) is 10.4. The van der Waals surface area contributed by atoms with Crippen LogP contribution in [0.15, 0.2) is 24.3 Å². The first kappa shape index (κ1) is 31.2. The summed E-state index contributed by atoms with van der Waals surface area (Å²) in [7, 11) is 0. The number of carbonyl (C=O) groups is 4. The highest BCUT2D eigenvalue weighted by Gasteiger charge is 2.31. The lowest BCUT2D eigenvalue weighted by molar-refractivity contribution is -0.143. The molecule has 0 radical (unpaired) electrons. The zero-order chi connectivity index (χ0) is 27.3. The summed E-state index contributed by atoms with van der Waals surface area (Å²) >= 11 is 4.14. The molecule has 202 valence electrons. The number of thiol groups is 1. The van der Waals surface area contributed by atoms with Gasteiger partial charge in [-0.3, -0.25) is 14.4 Å². The number of rotatable bonds is 16. The number of aromatic hydroxyl groups is 1. The monoisotopic (exact) mass is 525 g/mol. The van der Waals surface area contributed by atoms with Crippen molar-refractivity contribution >= 4 is 36.3 Å². The van der Waals surface area contributed by atoms with Crippen LogP contribution in [0.2, 0.25) is 0 Å². The first-order chi connectivity index (χ1) is 17.0. The van der Waals surface area contributed by atoms with Crippen molar-refractivity contribution in [2.45, 2.75) is 70.1 Å². The van der Waals surface area contributed by atoms with E-state index in [9.17, 15) is 29.4 Å². The molecular weight excluding hydrogens is 486 g/mol. The fraction of sp³-hybridized carbons (Fsp3) is 0.583. The van der Waals surface area contributed by atoms with Gasteiger partial charge in [-0.05, 0) is 43.0 Å². The maximum atomic E-state index is 13.2. The molecule has 5 unspecified atom stereocenters. The van der Waals surface area contributed by atoms with Crippen molar-refractivity contribution in [3.63, 3.8) is 0 Å². The standard InChI is InChI=1S/C24H39N5O6S/c1-3-14(2)20(24(34)35)29-23(33)19(13-36)28-22(32)18(12-15-7-9-16(30)10-8-15)27-21(31)17(26)6-4-5-11-25/h7-10,14,17-20,30,36H,3-6,11-13,25-26H2,1-2H3,(H,27,31)(H,28,32)(H,29,33)(H,34,35). The van der Waals surface area contributed by atoms with E-state index < -0.39 is 47.9 Å². The van der Waals surface area contributed by atoms with E-state index >= 15 is 0 Å². The minimum absolute atomic E-state index is 0.0480. The topological polar surface area (TPSA) is 197 Å². The first-order valence-electron chi connectivity index (χ1n) is 12.0. The molecule has 11 nitrogen and oxygen atoms in total. The molecule has 0 aliphatic rings. The highest BCUT2D eigenvalue weighted by Crippen LogP contribution is 2.12.